The zero-order valence-corrected chi connectivity index (χ0v) is 6.98. The predicted molar refractivity (Wildman–Crippen MR) is 44.1 cm³/mol. The first-order valence-corrected chi connectivity index (χ1v) is 4.21. The topological polar surface area (TPSA) is 24.1 Å². The fourth-order valence-electron chi connectivity index (χ4n) is 1.56. The smallest absolute Gasteiger partial charge is 0.00822 e. The molecule has 0 spiro atoms. The highest BCUT2D eigenvalue weighted by Crippen LogP contribution is 2.14. The maximum Gasteiger partial charge on any atom is 0.00822 e. The van der Waals surface area contributed by atoms with E-state index in [-0.39, 0.29) is 0 Å². The number of hydrogen-bond donors (Lipinski definition) is 2. The third-order valence-corrected chi connectivity index (χ3v) is 2.18. The summed E-state index contributed by atoms with van der Waals surface area (Å²) in [6, 6.07) is 0.780. The highest BCUT2D eigenvalue weighted by atomic mass is 15.0. The lowest BCUT2D eigenvalue weighted by molar-refractivity contribution is 0.529. The van der Waals surface area contributed by atoms with E-state index in [1.54, 1.807) is 0 Å². The van der Waals surface area contributed by atoms with E-state index >= 15 is 0 Å². The molecule has 0 aromatic heterocycles. The Kier molecular flexibility index (Phi) is 3.16. The molecule has 1 aliphatic heterocycles. The average Bonchev–Trinajstić information content (AvgIpc) is 2.31. The lowest BCUT2D eigenvalue weighted by Gasteiger charge is -2.08. The predicted octanol–water partition coefficient (Wildman–Crippen LogP) is 0.594. The summed E-state index contributed by atoms with van der Waals surface area (Å²) in [5, 5.41) is 6.67. The van der Waals surface area contributed by atoms with Gasteiger partial charge in [0.15, 0.2) is 0 Å². The van der Waals surface area contributed by atoms with E-state index < -0.39 is 0 Å². The van der Waals surface area contributed by atoms with Gasteiger partial charge in [0.2, 0.25) is 0 Å². The van der Waals surface area contributed by atoms with Gasteiger partial charge in [0.05, 0.1) is 0 Å². The van der Waals surface area contributed by atoms with Gasteiger partial charge in [-0.2, -0.15) is 0 Å². The van der Waals surface area contributed by atoms with Crippen LogP contribution >= 0.6 is 0 Å². The Hall–Kier alpha value is -0.0800. The number of nitrogens with one attached hydrogen (secondary N) is 2. The molecule has 1 saturated heterocycles. The van der Waals surface area contributed by atoms with Crippen LogP contribution in [0.25, 0.3) is 0 Å². The Morgan fingerprint density at radius 2 is 2.40 bits per heavy atom. The van der Waals surface area contributed by atoms with Crippen LogP contribution < -0.4 is 10.6 Å². The lowest BCUT2D eigenvalue weighted by Crippen LogP contribution is -2.25. The molecule has 1 aliphatic rings. The highest BCUT2D eigenvalue weighted by Gasteiger charge is 2.18. The van der Waals surface area contributed by atoms with Crippen molar-refractivity contribution >= 4 is 0 Å². The van der Waals surface area contributed by atoms with E-state index in [0.717, 1.165) is 18.5 Å². The molecule has 0 amide bonds. The van der Waals surface area contributed by atoms with E-state index in [0.29, 0.717) is 0 Å². The summed E-state index contributed by atoms with van der Waals surface area (Å²) in [5.74, 6) is 0.891. The summed E-state index contributed by atoms with van der Waals surface area (Å²) >= 11 is 0. The molecule has 2 N–H and O–H groups in total. The lowest BCUT2D eigenvalue weighted by atomic mass is 10.1. The van der Waals surface area contributed by atoms with Crippen LogP contribution in [0.1, 0.15) is 19.8 Å². The van der Waals surface area contributed by atoms with Gasteiger partial charge in [-0.1, -0.05) is 6.92 Å². The molecule has 2 atom stereocenters. The van der Waals surface area contributed by atoms with Crippen LogP contribution in [0.4, 0.5) is 0 Å². The van der Waals surface area contributed by atoms with Crippen molar-refractivity contribution in [2.24, 2.45) is 5.92 Å². The van der Waals surface area contributed by atoms with Crippen LogP contribution in [0.5, 0.6) is 0 Å². The van der Waals surface area contributed by atoms with E-state index in [1.807, 2.05) is 7.05 Å². The SMILES string of the molecule is CNCCC1CC(C)CN1. The standard InChI is InChI=1S/C8H18N2/c1-7-5-8(10-6-7)3-4-9-2/h7-10H,3-6H2,1-2H3. The normalized spacial score (nSPS) is 33.0. The summed E-state index contributed by atoms with van der Waals surface area (Å²) < 4.78 is 0. The molecular formula is C8H18N2. The molecule has 10 heavy (non-hydrogen) atoms. The van der Waals surface area contributed by atoms with Crippen molar-refractivity contribution in [3.8, 4) is 0 Å². The van der Waals surface area contributed by atoms with Gasteiger partial charge in [0.1, 0.15) is 0 Å². The fourth-order valence-corrected chi connectivity index (χ4v) is 1.56. The molecule has 2 heteroatoms. The zero-order valence-electron chi connectivity index (χ0n) is 6.98. The largest absolute Gasteiger partial charge is 0.320 e. The summed E-state index contributed by atoms with van der Waals surface area (Å²) in [4.78, 5) is 0. The van der Waals surface area contributed by atoms with Crippen LogP contribution in [0, 0.1) is 5.92 Å². The molecule has 0 aliphatic carbocycles. The summed E-state index contributed by atoms with van der Waals surface area (Å²) in [6.45, 7) is 4.67. The van der Waals surface area contributed by atoms with Gasteiger partial charge in [-0.05, 0) is 38.9 Å². The van der Waals surface area contributed by atoms with E-state index in [4.69, 9.17) is 0 Å². The van der Waals surface area contributed by atoms with Gasteiger partial charge in [-0.25, -0.2) is 0 Å². The first kappa shape index (κ1) is 8.02. The van der Waals surface area contributed by atoms with Crippen LogP contribution in [0.3, 0.4) is 0 Å². The van der Waals surface area contributed by atoms with Crippen molar-refractivity contribution in [1.29, 1.82) is 0 Å². The van der Waals surface area contributed by atoms with Gasteiger partial charge in [0, 0.05) is 6.04 Å². The van der Waals surface area contributed by atoms with Gasteiger partial charge in [-0.15, -0.1) is 0 Å². The Balaban J connectivity index is 2.06. The molecule has 60 valence electrons. The third kappa shape index (κ3) is 2.27. The first-order chi connectivity index (χ1) is 4.83. The molecule has 0 saturated carbocycles. The zero-order chi connectivity index (χ0) is 7.40. The minimum absolute atomic E-state index is 0.780. The van der Waals surface area contributed by atoms with Crippen LogP contribution in [-0.2, 0) is 0 Å². The Labute approximate surface area is 63.4 Å². The molecule has 1 rings (SSSR count). The molecule has 2 unspecified atom stereocenters. The van der Waals surface area contributed by atoms with Crippen molar-refractivity contribution < 1.29 is 0 Å². The molecule has 0 aromatic rings. The summed E-state index contributed by atoms with van der Waals surface area (Å²) in [7, 11) is 2.01. The summed E-state index contributed by atoms with van der Waals surface area (Å²) in [5.41, 5.74) is 0. The van der Waals surface area contributed by atoms with Crippen molar-refractivity contribution in [2.75, 3.05) is 20.1 Å². The van der Waals surface area contributed by atoms with Gasteiger partial charge in [-0.3, -0.25) is 0 Å². The summed E-state index contributed by atoms with van der Waals surface area (Å²) in [6.07, 6.45) is 2.64. The molecular weight excluding hydrogens is 124 g/mol. The maximum absolute atomic E-state index is 3.50. The maximum atomic E-state index is 3.50. The van der Waals surface area contributed by atoms with Gasteiger partial charge < -0.3 is 10.6 Å². The van der Waals surface area contributed by atoms with E-state index in [1.165, 1.54) is 19.4 Å². The van der Waals surface area contributed by atoms with Crippen LogP contribution in [0.2, 0.25) is 0 Å². The molecule has 1 fully saturated rings. The minimum Gasteiger partial charge on any atom is -0.320 e. The monoisotopic (exact) mass is 142 g/mol. The minimum atomic E-state index is 0.780. The quantitative estimate of drug-likeness (QED) is 0.603. The number of rotatable bonds is 3. The molecule has 0 radical (unpaired) electrons. The third-order valence-electron chi connectivity index (χ3n) is 2.18. The fraction of sp³-hybridized carbons (Fsp3) is 1.00. The van der Waals surface area contributed by atoms with Gasteiger partial charge >= 0.3 is 0 Å². The second kappa shape index (κ2) is 3.94. The molecule has 2 nitrogen and oxygen atoms in total. The van der Waals surface area contributed by atoms with E-state index in [9.17, 15) is 0 Å². The second-order valence-corrected chi connectivity index (χ2v) is 3.34. The Bertz CT molecular complexity index is 93.3. The van der Waals surface area contributed by atoms with Crippen LogP contribution in [-0.4, -0.2) is 26.2 Å². The molecule has 1 heterocycles. The Morgan fingerprint density at radius 3 is 2.90 bits per heavy atom. The van der Waals surface area contributed by atoms with Crippen LogP contribution in [0.15, 0.2) is 0 Å². The molecule has 0 bridgehead atoms. The van der Waals surface area contributed by atoms with Crippen molar-refractivity contribution in [2.45, 2.75) is 25.8 Å². The molecule has 0 aromatic carbocycles. The number of hydrogen-bond acceptors (Lipinski definition) is 2. The van der Waals surface area contributed by atoms with Crippen molar-refractivity contribution in [3.05, 3.63) is 0 Å². The van der Waals surface area contributed by atoms with E-state index in [2.05, 4.69) is 17.6 Å². The second-order valence-electron chi connectivity index (χ2n) is 3.34. The van der Waals surface area contributed by atoms with Crippen molar-refractivity contribution in [1.82, 2.24) is 10.6 Å². The average molecular weight is 142 g/mol. The highest BCUT2D eigenvalue weighted by molar-refractivity contribution is 4.79. The van der Waals surface area contributed by atoms with Crippen molar-refractivity contribution in [3.63, 3.8) is 0 Å². The first-order valence-electron chi connectivity index (χ1n) is 4.21. The Morgan fingerprint density at radius 1 is 1.60 bits per heavy atom. The van der Waals surface area contributed by atoms with Gasteiger partial charge in [0.25, 0.3) is 0 Å².